The Morgan fingerprint density at radius 1 is 0.818 bits per heavy atom. The second-order valence-electron chi connectivity index (χ2n) is 15.1. The molecular formula is C40H52O4. The third-order valence-corrected chi connectivity index (χ3v) is 13.0. The van der Waals surface area contributed by atoms with Crippen molar-refractivity contribution >= 4 is 17.5 Å². The zero-order valence-electron chi connectivity index (χ0n) is 27.5. The molecule has 0 N–H and O–H groups in total. The Hall–Kier alpha value is -2.88. The summed E-state index contributed by atoms with van der Waals surface area (Å²) in [6.45, 7) is 10.6. The maximum atomic E-state index is 12.6. The minimum Gasteiger partial charge on any atom is -0.463 e. The molecular weight excluding hydrogens is 544 g/mol. The van der Waals surface area contributed by atoms with E-state index in [1.54, 1.807) is 6.92 Å². The molecule has 2 aromatic carbocycles. The highest BCUT2D eigenvalue weighted by Crippen LogP contribution is 2.69. The highest BCUT2D eigenvalue weighted by atomic mass is 16.5. The molecule has 0 spiro atoms. The minimum absolute atomic E-state index is 0.0160. The first kappa shape index (κ1) is 31.1. The van der Waals surface area contributed by atoms with Crippen LogP contribution in [0.4, 0.5) is 0 Å². The molecule has 10 atom stereocenters. The second-order valence-corrected chi connectivity index (χ2v) is 15.1. The van der Waals surface area contributed by atoms with Crippen LogP contribution in [0.15, 0.2) is 66.7 Å². The molecule has 0 radical (unpaired) electrons. The van der Waals surface area contributed by atoms with Crippen molar-refractivity contribution in [3.63, 3.8) is 0 Å². The van der Waals surface area contributed by atoms with Crippen LogP contribution >= 0.6 is 0 Å². The van der Waals surface area contributed by atoms with Gasteiger partial charge in [0.15, 0.2) is 0 Å². The summed E-state index contributed by atoms with van der Waals surface area (Å²) in [5, 5.41) is 0. The van der Waals surface area contributed by atoms with Crippen LogP contribution in [0, 0.1) is 46.3 Å². The van der Waals surface area contributed by atoms with Gasteiger partial charge in [0, 0.05) is 19.3 Å². The van der Waals surface area contributed by atoms with Gasteiger partial charge < -0.3 is 9.47 Å². The highest BCUT2D eigenvalue weighted by Gasteiger charge is 2.65. The topological polar surface area (TPSA) is 52.6 Å². The van der Waals surface area contributed by atoms with Crippen molar-refractivity contribution in [3.8, 4) is 0 Å². The number of allylic oxidation sites excluding steroid dienone is 1. The van der Waals surface area contributed by atoms with Gasteiger partial charge >= 0.3 is 11.9 Å². The molecule has 4 saturated carbocycles. The molecule has 4 fully saturated rings. The summed E-state index contributed by atoms with van der Waals surface area (Å²) < 4.78 is 12.1. The van der Waals surface area contributed by atoms with Crippen molar-refractivity contribution < 1.29 is 19.1 Å². The van der Waals surface area contributed by atoms with Crippen molar-refractivity contribution in [3.05, 3.63) is 77.9 Å². The Balaban J connectivity index is 1.26. The quantitative estimate of drug-likeness (QED) is 0.299. The number of hydrogen-bond acceptors (Lipinski definition) is 4. The molecule has 0 heterocycles. The Morgan fingerprint density at radius 2 is 1.45 bits per heavy atom. The predicted molar refractivity (Wildman–Crippen MR) is 175 cm³/mol. The van der Waals surface area contributed by atoms with E-state index in [1.165, 1.54) is 49.3 Å². The van der Waals surface area contributed by atoms with Gasteiger partial charge in [-0.3, -0.25) is 9.59 Å². The Bertz CT molecular complexity index is 1310. The fraction of sp³-hybridized carbons (Fsp3) is 0.600. The molecule has 0 unspecified atom stereocenters. The number of hydrogen-bond donors (Lipinski definition) is 0. The molecule has 236 valence electrons. The van der Waals surface area contributed by atoms with Crippen molar-refractivity contribution in [1.82, 2.24) is 0 Å². The van der Waals surface area contributed by atoms with E-state index in [0.717, 1.165) is 32.1 Å². The molecule has 4 nitrogen and oxygen atoms in total. The number of carbonyl (C=O) groups is 2. The Morgan fingerprint density at radius 3 is 2.07 bits per heavy atom. The minimum atomic E-state index is -0.156. The molecule has 4 aliphatic carbocycles. The summed E-state index contributed by atoms with van der Waals surface area (Å²) >= 11 is 0. The predicted octanol–water partition coefficient (Wildman–Crippen LogP) is 9.28. The fourth-order valence-electron chi connectivity index (χ4n) is 10.9. The number of fused-ring (bicyclic) bond motifs is 5. The van der Waals surface area contributed by atoms with Gasteiger partial charge in [-0.1, -0.05) is 87.5 Å². The molecule has 4 heteroatoms. The Labute approximate surface area is 265 Å². The summed E-state index contributed by atoms with van der Waals surface area (Å²) in [6.07, 6.45) is 12.4. The summed E-state index contributed by atoms with van der Waals surface area (Å²) in [5.41, 5.74) is 4.01. The molecule has 0 aliphatic heterocycles. The lowest BCUT2D eigenvalue weighted by Crippen LogP contribution is -2.59. The normalized spacial score (nSPS) is 36.6. The zero-order valence-corrected chi connectivity index (χ0v) is 27.5. The summed E-state index contributed by atoms with van der Waals surface area (Å²) in [7, 11) is 0. The third kappa shape index (κ3) is 5.67. The first-order valence-electron chi connectivity index (χ1n) is 17.3. The lowest BCUT2D eigenvalue weighted by atomic mass is 9.43. The van der Waals surface area contributed by atoms with E-state index in [-0.39, 0.29) is 35.0 Å². The van der Waals surface area contributed by atoms with Gasteiger partial charge in [-0.05, 0) is 115 Å². The maximum Gasteiger partial charge on any atom is 0.302 e. The van der Waals surface area contributed by atoms with Gasteiger partial charge in [0.25, 0.3) is 0 Å². The van der Waals surface area contributed by atoms with Gasteiger partial charge in [-0.15, -0.1) is 0 Å². The van der Waals surface area contributed by atoms with E-state index >= 15 is 0 Å². The van der Waals surface area contributed by atoms with E-state index in [0.29, 0.717) is 35.5 Å². The maximum absolute atomic E-state index is 12.6. The lowest BCUT2D eigenvalue weighted by molar-refractivity contribution is -0.197. The van der Waals surface area contributed by atoms with E-state index in [1.807, 2.05) is 0 Å². The Kier molecular flexibility index (Phi) is 8.83. The van der Waals surface area contributed by atoms with Crippen molar-refractivity contribution in [1.29, 1.82) is 0 Å². The SMILES string of the molecule is CC(=O)O[C@H]1CC[C@@]2(C)[C@@H](CC[C@H]3[C@H]2C[C@@H](OC(C)=O)[C@@]2(C)[C@@H]3CC[C@H]2[C@@H](C)CC=C(c2ccccc2)c2ccccc2)C1. The molecule has 0 saturated heterocycles. The van der Waals surface area contributed by atoms with E-state index in [4.69, 9.17) is 9.47 Å². The van der Waals surface area contributed by atoms with Crippen LogP contribution in [0.1, 0.15) is 104 Å². The van der Waals surface area contributed by atoms with Gasteiger partial charge in [0.2, 0.25) is 0 Å². The number of esters is 2. The van der Waals surface area contributed by atoms with Crippen LogP contribution < -0.4 is 0 Å². The standard InChI is InChI=1S/C40H52O4/c1-26(16-18-33(29-12-8-6-9-13-29)30-14-10-7-11-15-30)35-20-21-36-34-19-17-31-24-32(43-27(2)41)22-23-39(31,4)37(34)25-38(40(35,36)5)44-28(3)42/h6-15,18,26,31-32,34-38H,16-17,19-25H2,1-5H3/t26-,31-,32-,34+,35-,36+,37+,38+,39-,40+/m0/s1. The van der Waals surface area contributed by atoms with E-state index in [2.05, 4.69) is 87.5 Å². The lowest BCUT2D eigenvalue weighted by Gasteiger charge is -2.62. The van der Waals surface area contributed by atoms with Crippen LogP contribution in [-0.4, -0.2) is 24.1 Å². The number of carbonyl (C=O) groups excluding carboxylic acids is 2. The first-order valence-corrected chi connectivity index (χ1v) is 17.3. The van der Waals surface area contributed by atoms with Crippen molar-refractivity contribution in [2.24, 2.45) is 46.3 Å². The monoisotopic (exact) mass is 596 g/mol. The van der Waals surface area contributed by atoms with Crippen LogP contribution in [0.25, 0.3) is 5.57 Å². The average Bonchev–Trinajstić information content (AvgIpc) is 3.37. The molecule has 4 aliphatic rings. The number of benzene rings is 2. The second kappa shape index (κ2) is 12.5. The van der Waals surface area contributed by atoms with E-state index in [9.17, 15) is 9.59 Å². The highest BCUT2D eigenvalue weighted by molar-refractivity contribution is 5.79. The molecule has 0 amide bonds. The van der Waals surface area contributed by atoms with Crippen molar-refractivity contribution in [2.75, 3.05) is 0 Å². The average molecular weight is 597 g/mol. The number of ether oxygens (including phenoxy) is 2. The summed E-state index contributed by atoms with van der Waals surface area (Å²) in [4.78, 5) is 24.4. The first-order chi connectivity index (χ1) is 21.1. The van der Waals surface area contributed by atoms with Crippen molar-refractivity contribution in [2.45, 2.75) is 105 Å². The third-order valence-electron chi connectivity index (χ3n) is 13.0. The molecule has 2 aromatic rings. The zero-order chi connectivity index (χ0) is 31.1. The summed E-state index contributed by atoms with van der Waals surface area (Å²) in [5.74, 6) is 3.07. The molecule has 0 bridgehead atoms. The largest absolute Gasteiger partial charge is 0.463 e. The van der Waals surface area contributed by atoms with Crippen LogP contribution in [0.3, 0.4) is 0 Å². The molecule has 0 aromatic heterocycles. The molecule has 6 rings (SSSR count). The fourth-order valence-corrected chi connectivity index (χ4v) is 10.9. The number of rotatable bonds is 7. The summed E-state index contributed by atoms with van der Waals surface area (Å²) in [6, 6.07) is 21.5. The van der Waals surface area contributed by atoms with Crippen LogP contribution in [-0.2, 0) is 19.1 Å². The van der Waals surface area contributed by atoms with Gasteiger partial charge in [-0.2, -0.15) is 0 Å². The van der Waals surface area contributed by atoms with Gasteiger partial charge in [-0.25, -0.2) is 0 Å². The van der Waals surface area contributed by atoms with Gasteiger partial charge in [0.1, 0.15) is 12.2 Å². The van der Waals surface area contributed by atoms with Crippen LogP contribution in [0.5, 0.6) is 0 Å². The smallest absolute Gasteiger partial charge is 0.302 e. The van der Waals surface area contributed by atoms with E-state index < -0.39 is 0 Å². The van der Waals surface area contributed by atoms with Crippen LogP contribution in [0.2, 0.25) is 0 Å². The molecule has 44 heavy (non-hydrogen) atoms. The van der Waals surface area contributed by atoms with Gasteiger partial charge in [0.05, 0.1) is 0 Å².